The number of hydrogen-bond acceptors (Lipinski definition) is 1. The third-order valence-corrected chi connectivity index (χ3v) is 2.79. The van der Waals surface area contributed by atoms with Crippen molar-refractivity contribution in [2.45, 2.75) is 46.5 Å². The van der Waals surface area contributed by atoms with Crippen molar-refractivity contribution in [3.63, 3.8) is 0 Å². The van der Waals surface area contributed by atoms with Gasteiger partial charge in [-0.2, -0.15) is 0 Å². The van der Waals surface area contributed by atoms with Crippen molar-refractivity contribution in [3.8, 4) is 5.75 Å². The van der Waals surface area contributed by atoms with E-state index in [1.54, 1.807) is 0 Å². The zero-order chi connectivity index (χ0) is 10.6. The Morgan fingerprint density at radius 3 is 2.50 bits per heavy atom. The molecule has 1 rings (SSSR count). The number of hydrogen-bond donors (Lipinski definition) is 1. The Morgan fingerprint density at radius 1 is 1.14 bits per heavy atom. The van der Waals surface area contributed by atoms with Gasteiger partial charge in [-0.15, -0.1) is 0 Å². The first-order chi connectivity index (χ1) is 6.66. The molecule has 0 aliphatic heterocycles. The van der Waals surface area contributed by atoms with Crippen LogP contribution in [0, 0.1) is 13.8 Å². The fourth-order valence-corrected chi connectivity index (χ4v) is 1.71. The number of aromatic hydroxyl groups is 1. The summed E-state index contributed by atoms with van der Waals surface area (Å²) < 4.78 is 0. The summed E-state index contributed by atoms with van der Waals surface area (Å²) in [6.07, 6.45) is 4.83. The van der Waals surface area contributed by atoms with Crippen LogP contribution in [0.3, 0.4) is 0 Å². The average molecular weight is 192 g/mol. The molecule has 0 aliphatic carbocycles. The molecular formula is C13H20O. The molecule has 1 heteroatoms. The molecule has 0 spiro atoms. The van der Waals surface area contributed by atoms with Gasteiger partial charge < -0.3 is 5.11 Å². The number of unbranched alkanes of at least 4 members (excludes halogenated alkanes) is 2. The third kappa shape index (κ3) is 2.50. The predicted octanol–water partition coefficient (Wildman–Crippen LogP) is 3.74. The summed E-state index contributed by atoms with van der Waals surface area (Å²) in [6, 6.07) is 4.14. The smallest absolute Gasteiger partial charge is 0.121 e. The van der Waals surface area contributed by atoms with E-state index in [0.29, 0.717) is 5.75 Å². The molecule has 1 nitrogen and oxygen atoms in total. The van der Waals surface area contributed by atoms with Crippen molar-refractivity contribution >= 4 is 0 Å². The van der Waals surface area contributed by atoms with Crippen molar-refractivity contribution in [1.82, 2.24) is 0 Å². The van der Waals surface area contributed by atoms with Crippen LogP contribution in [-0.4, -0.2) is 5.11 Å². The molecular weight excluding hydrogens is 172 g/mol. The van der Waals surface area contributed by atoms with Crippen LogP contribution in [-0.2, 0) is 6.42 Å². The topological polar surface area (TPSA) is 20.2 Å². The summed E-state index contributed by atoms with van der Waals surface area (Å²) in [7, 11) is 0. The lowest BCUT2D eigenvalue weighted by atomic mass is 9.99. The summed E-state index contributed by atoms with van der Waals surface area (Å²) in [4.78, 5) is 0. The molecule has 0 unspecified atom stereocenters. The van der Waals surface area contributed by atoms with Crippen molar-refractivity contribution in [1.29, 1.82) is 0 Å². The quantitative estimate of drug-likeness (QED) is 0.720. The van der Waals surface area contributed by atoms with Crippen molar-refractivity contribution in [2.24, 2.45) is 0 Å². The zero-order valence-electron chi connectivity index (χ0n) is 9.43. The second kappa shape index (κ2) is 5.04. The van der Waals surface area contributed by atoms with Crippen LogP contribution >= 0.6 is 0 Å². The molecule has 78 valence electrons. The van der Waals surface area contributed by atoms with Gasteiger partial charge in [-0.05, 0) is 43.4 Å². The molecule has 0 aliphatic rings. The lowest BCUT2D eigenvalue weighted by molar-refractivity contribution is 0.465. The normalized spacial score (nSPS) is 10.5. The lowest BCUT2D eigenvalue weighted by Crippen LogP contribution is -1.91. The number of aryl methyl sites for hydroxylation is 2. The minimum atomic E-state index is 0.471. The van der Waals surface area contributed by atoms with Crippen LogP contribution in [0.15, 0.2) is 12.1 Å². The van der Waals surface area contributed by atoms with Crippen LogP contribution in [0.5, 0.6) is 5.75 Å². The monoisotopic (exact) mass is 192 g/mol. The highest BCUT2D eigenvalue weighted by molar-refractivity contribution is 5.43. The minimum Gasteiger partial charge on any atom is -0.507 e. The average Bonchev–Trinajstić information content (AvgIpc) is 2.18. The second-order valence-corrected chi connectivity index (χ2v) is 3.97. The number of phenols is 1. The summed E-state index contributed by atoms with van der Waals surface area (Å²) in [5, 5.41) is 9.74. The Kier molecular flexibility index (Phi) is 3.99. The molecule has 14 heavy (non-hydrogen) atoms. The van der Waals surface area contributed by atoms with Gasteiger partial charge in [0.05, 0.1) is 0 Å². The Hall–Kier alpha value is -0.980. The first kappa shape index (κ1) is 11.1. The van der Waals surface area contributed by atoms with E-state index in [4.69, 9.17) is 0 Å². The standard InChI is InChI=1S/C13H20O/c1-4-5-6-7-12-9-8-10(2)13(14)11(12)3/h8-9,14H,4-7H2,1-3H3. The summed E-state index contributed by atoms with van der Waals surface area (Å²) in [6.45, 7) is 6.15. The molecule has 0 heterocycles. The fraction of sp³-hybridized carbons (Fsp3) is 0.538. The Balaban J connectivity index is 2.73. The molecule has 0 saturated carbocycles. The number of rotatable bonds is 4. The predicted molar refractivity (Wildman–Crippen MR) is 60.8 cm³/mol. The molecule has 0 aromatic heterocycles. The lowest BCUT2D eigenvalue weighted by Gasteiger charge is -2.09. The van der Waals surface area contributed by atoms with Crippen LogP contribution in [0.25, 0.3) is 0 Å². The highest BCUT2D eigenvalue weighted by Crippen LogP contribution is 2.25. The van der Waals surface area contributed by atoms with Crippen molar-refractivity contribution in [2.75, 3.05) is 0 Å². The highest BCUT2D eigenvalue weighted by atomic mass is 16.3. The third-order valence-electron chi connectivity index (χ3n) is 2.79. The maximum Gasteiger partial charge on any atom is 0.121 e. The van der Waals surface area contributed by atoms with Crippen LogP contribution in [0.1, 0.15) is 42.9 Å². The van der Waals surface area contributed by atoms with E-state index < -0.39 is 0 Å². The molecule has 0 amide bonds. The Morgan fingerprint density at radius 2 is 1.86 bits per heavy atom. The van der Waals surface area contributed by atoms with E-state index in [9.17, 15) is 5.11 Å². The van der Waals surface area contributed by atoms with Crippen molar-refractivity contribution in [3.05, 3.63) is 28.8 Å². The van der Waals surface area contributed by atoms with E-state index in [1.165, 1.54) is 24.8 Å². The van der Waals surface area contributed by atoms with E-state index in [2.05, 4.69) is 13.0 Å². The van der Waals surface area contributed by atoms with Gasteiger partial charge >= 0.3 is 0 Å². The van der Waals surface area contributed by atoms with Crippen molar-refractivity contribution < 1.29 is 5.11 Å². The van der Waals surface area contributed by atoms with Gasteiger partial charge in [-0.25, -0.2) is 0 Å². The van der Waals surface area contributed by atoms with Crippen LogP contribution in [0.2, 0.25) is 0 Å². The van der Waals surface area contributed by atoms with E-state index in [0.717, 1.165) is 17.5 Å². The van der Waals surface area contributed by atoms with Crippen LogP contribution < -0.4 is 0 Å². The van der Waals surface area contributed by atoms with Gasteiger partial charge in [0.1, 0.15) is 5.75 Å². The van der Waals surface area contributed by atoms with Gasteiger partial charge in [-0.3, -0.25) is 0 Å². The molecule has 1 aromatic carbocycles. The molecule has 0 bridgehead atoms. The molecule has 0 atom stereocenters. The minimum absolute atomic E-state index is 0.471. The maximum atomic E-state index is 9.74. The van der Waals surface area contributed by atoms with E-state index in [-0.39, 0.29) is 0 Å². The SMILES string of the molecule is CCCCCc1ccc(C)c(O)c1C. The molecule has 0 fully saturated rings. The molecule has 0 saturated heterocycles. The van der Waals surface area contributed by atoms with E-state index >= 15 is 0 Å². The first-order valence-electron chi connectivity index (χ1n) is 5.44. The first-order valence-corrected chi connectivity index (χ1v) is 5.44. The van der Waals surface area contributed by atoms with Crippen LogP contribution in [0.4, 0.5) is 0 Å². The van der Waals surface area contributed by atoms with Gasteiger partial charge in [0.25, 0.3) is 0 Å². The molecule has 1 aromatic rings. The van der Waals surface area contributed by atoms with E-state index in [1.807, 2.05) is 19.9 Å². The summed E-state index contributed by atoms with van der Waals surface area (Å²) in [5.41, 5.74) is 3.32. The largest absolute Gasteiger partial charge is 0.507 e. The van der Waals surface area contributed by atoms with Gasteiger partial charge in [0.15, 0.2) is 0 Å². The summed E-state index contributed by atoms with van der Waals surface area (Å²) >= 11 is 0. The molecule has 1 N–H and O–H groups in total. The number of benzene rings is 1. The highest BCUT2D eigenvalue weighted by Gasteiger charge is 2.05. The van der Waals surface area contributed by atoms with Gasteiger partial charge in [0.2, 0.25) is 0 Å². The van der Waals surface area contributed by atoms with Gasteiger partial charge in [0, 0.05) is 0 Å². The zero-order valence-corrected chi connectivity index (χ0v) is 9.43. The number of phenolic OH excluding ortho intramolecular Hbond substituents is 1. The van der Waals surface area contributed by atoms with Gasteiger partial charge in [-0.1, -0.05) is 31.9 Å². The summed E-state index contributed by atoms with van der Waals surface area (Å²) in [5.74, 6) is 0.471. The fourth-order valence-electron chi connectivity index (χ4n) is 1.71. The Bertz CT molecular complexity index is 302. The molecule has 0 radical (unpaired) electrons. The Labute approximate surface area is 86.8 Å². The second-order valence-electron chi connectivity index (χ2n) is 3.97. The maximum absolute atomic E-state index is 9.74.